The minimum atomic E-state index is -0.896. The zero-order valence-electron chi connectivity index (χ0n) is 11.4. The molecule has 4 atom stereocenters. The Kier molecular flexibility index (Phi) is 3.63. The molecule has 0 aliphatic carbocycles. The first kappa shape index (κ1) is 13.4. The van der Waals surface area contributed by atoms with Crippen LogP contribution in [0.4, 0.5) is 4.79 Å². The maximum atomic E-state index is 11.4. The van der Waals surface area contributed by atoms with Crippen LogP contribution < -0.4 is 0 Å². The Labute approximate surface area is 118 Å². The van der Waals surface area contributed by atoms with E-state index in [1.807, 2.05) is 37.3 Å². The highest BCUT2D eigenvalue weighted by Crippen LogP contribution is 2.37. The van der Waals surface area contributed by atoms with Gasteiger partial charge < -0.3 is 19.5 Å². The molecule has 2 saturated heterocycles. The first-order valence-electron chi connectivity index (χ1n) is 6.94. The monoisotopic (exact) mass is 277 g/mol. The number of carboxylic acid groups (broad SMARTS) is 1. The van der Waals surface area contributed by atoms with Crippen molar-refractivity contribution < 1.29 is 19.4 Å². The summed E-state index contributed by atoms with van der Waals surface area (Å²) in [6, 6.07) is 9.64. The van der Waals surface area contributed by atoms with E-state index in [0.29, 0.717) is 19.7 Å². The van der Waals surface area contributed by atoms with Crippen molar-refractivity contribution in [3.8, 4) is 0 Å². The van der Waals surface area contributed by atoms with Gasteiger partial charge >= 0.3 is 6.09 Å². The lowest BCUT2D eigenvalue weighted by molar-refractivity contribution is -0.00951. The maximum Gasteiger partial charge on any atom is 0.407 e. The molecule has 0 unspecified atom stereocenters. The van der Waals surface area contributed by atoms with E-state index in [1.54, 1.807) is 0 Å². The van der Waals surface area contributed by atoms with Crippen molar-refractivity contribution in [3.05, 3.63) is 35.9 Å². The lowest BCUT2D eigenvalue weighted by atomic mass is 10.0. The standard InChI is InChI=1S/C15H19NO4/c1-10(13-14-12(20-14)9-19-13)7-16(15(17)18)8-11-5-3-2-4-6-11/h2-6,10,12-14H,7-9H2,1H3,(H,17,18)/t10-,12+,13-,14+/m1/s1. The van der Waals surface area contributed by atoms with Crippen molar-refractivity contribution in [1.82, 2.24) is 4.90 Å². The van der Waals surface area contributed by atoms with Crippen molar-refractivity contribution in [3.63, 3.8) is 0 Å². The highest BCUT2D eigenvalue weighted by atomic mass is 16.7. The molecule has 3 rings (SSSR count). The molecule has 1 N–H and O–H groups in total. The molecule has 20 heavy (non-hydrogen) atoms. The van der Waals surface area contributed by atoms with E-state index >= 15 is 0 Å². The van der Waals surface area contributed by atoms with Gasteiger partial charge in [-0.25, -0.2) is 4.79 Å². The number of fused-ring (bicyclic) bond motifs is 1. The van der Waals surface area contributed by atoms with Crippen LogP contribution in [-0.2, 0) is 16.0 Å². The molecule has 2 aliphatic rings. The molecule has 2 fully saturated rings. The van der Waals surface area contributed by atoms with E-state index in [2.05, 4.69) is 0 Å². The van der Waals surface area contributed by atoms with Gasteiger partial charge in [0.2, 0.25) is 0 Å². The fraction of sp³-hybridized carbons (Fsp3) is 0.533. The van der Waals surface area contributed by atoms with Gasteiger partial charge in [0.1, 0.15) is 12.2 Å². The summed E-state index contributed by atoms with van der Waals surface area (Å²) >= 11 is 0. The normalized spacial score (nSPS) is 28.8. The van der Waals surface area contributed by atoms with E-state index in [4.69, 9.17) is 9.47 Å². The van der Waals surface area contributed by atoms with Crippen LogP contribution in [0.1, 0.15) is 12.5 Å². The second-order valence-electron chi connectivity index (χ2n) is 5.56. The quantitative estimate of drug-likeness (QED) is 0.836. The predicted octanol–water partition coefficient (Wildman–Crippen LogP) is 1.97. The number of ether oxygens (including phenoxy) is 2. The number of rotatable bonds is 5. The average Bonchev–Trinajstić information content (AvgIpc) is 3.09. The van der Waals surface area contributed by atoms with Gasteiger partial charge in [-0.3, -0.25) is 0 Å². The van der Waals surface area contributed by atoms with E-state index in [9.17, 15) is 9.90 Å². The predicted molar refractivity (Wildman–Crippen MR) is 72.4 cm³/mol. The minimum Gasteiger partial charge on any atom is -0.465 e. The first-order valence-corrected chi connectivity index (χ1v) is 6.94. The average molecular weight is 277 g/mol. The second kappa shape index (κ2) is 5.42. The molecule has 0 spiro atoms. The molecule has 1 amide bonds. The van der Waals surface area contributed by atoms with Gasteiger partial charge in [0.25, 0.3) is 0 Å². The van der Waals surface area contributed by atoms with Crippen molar-refractivity contribution in [2.24, 2.45) is 5.92 Å². The Morgan fingerprint density at radius 2 is 2.20 bits per heavy atom. The summed E-state index contributed by atoms with van der Waals surface area (Å²) < 4.78 is 11.1. The van der Waals surface area contributed by atoms with Crippen LogP contribution in [0, 0.1) is 5.92 Å². The molecule has 0 bridgehead atoms. The second-order valence-corrected chi connectivity index (χ2v) is 5.56. The Bertz CT molecular complexity index is 478. The van der Waals surface area contributed by atoms with Gasteiger partial charge in [-0.05, 0) is 5.56 Å². The Morgan fingerprint density at radius 1 is 1.45 bits per heavy atom. The van der Waals surface area contributed by atoms with Crippen LogP contribution in [0.5, 0.6) is 0 Å². The molecule has 5 heteroatoms. The van der Waals surface area contributed by atoms with E-state index in [-0.39, 0.29) is 24.2 Å². The molecule has 108 valence electrons. The number of amides is 1. The number of benzene rings is 1. The molecule has 0 aromatic heterocycles. The molecule has 5 nitrogen and oxygen atoms in total. The first-order chi connectivity index (χ1) is 9.65. The van der Waals surface area contributed by atoms with Crippen LogP contribution in [0.2, 0.25) is 0 Å². The van der Waals surface area contributed by atoms with Crippen LogP contribution in [-0.4, -0.2) is 47.6 Å². The zero-order chi connectivity index (χ0) is 14.1. The molecule has 0 radical (unpaired) electrons. The number of hydrogen-bond donors (Lipinski definition) is 1. The van der Waals surface area contributed by atoms with E-state index in [0.717, 1.165) is 5.56 Å². The fourth-order valence-corrected chi connectivity index (χ4v) is 2.83. The van der Waals surface area contributed by atoms with Crippen LogP contribution >= 0.6 is 0 Å². The van der Waals surface area contributed by atoms with Crippen molar-refractivity contribution in [2.75, 3.05) is 13.2 Å². The number of nitrogens with zero attached hydrogens (tertiary/aromatic N) is 1. The van der Waals surface area contributed by atoms with Crippen LogP contribution in [0.15, 0.2) is 30.3 Å². The third-order valence-corrected chi connectivity index (χ3v) is 3.95. The molecule has 0 saturated carbocycles. The van der Waals surface area contributed by atoms with Crippen LogP contribution in [0.25, 0.3) is 0 Å². The molecular formula is C15H19NO4. The lowest BCUT2D eigenvalue weighted by Gasteiger charge is -2.26. The van der Waals surface area contributed by atoms with E-state index in [1.165, 1.54) is 4.90 Å². The van der Waals surface area contributed by atoms with Gasteiger partial charge in [-0.15, -0.1) is 0 Å². The lowest BCUT2D eigenvalue weighted by Crippen LogP contribution is -2.38. The molecule has 1 aromatic rings. The van der Waals surface area contributed by atoms with Gasteiger partial charge in [-0.2, -0.15) is 0 Å². The van der Waals surface area contributed by atoms with E-state index < -0.39 is 6.09 Å². The summed E-state index contributed by atoms with van der Waals surface area (Å²) in [7, 11) is 0. The van der Waals surface area contributed by atoms with Gasteiger partial charge in [0.05, 0.1) is 12.7 Å². The van der Waals surface area contributed by atoms with Gasteiger partial charge in [0.15, 0.2) is 0 Å². The van der Waals surface area contributed by atoms with Crippen molar-refractivity contribution in [1.29, 1.82) is 0 Å². The van der Waals surface area contributed by atoms with Gasteiger partial charge in [0, 0.05) is 19.0 Å². The number of epoxide rings is 1. The zero-order valence-corrected chi connectivity index (χ0v) is 11.4. The largest absolute Gasteiger partial charge is 0.465 e. The van der Waals surface area contributed by atoms with Crippen molar-refractivity contribution in [2.45, 2.75) is 31.8 Å². The summed E-state index contributed by atoms with van der Waals surface area (Å²) in [6.07, 6.45) is -0.447. The summed E-state index contributed by atoms with van der Waals surface area (Å²) in [5, 5.41) is 9.36. The highest BCUT2D eigenvalue weighted by molar-refractivity contribution is 5.65. The smallest absolute Gasteiger partial charge is 0.407 e. The summed E-state index contributed by atoms with van der Waals surface area (Å²) in [5.41, 5.74) is 0.995. The fourth-order valence-electron chi connectivity index (χ4n) is 2.83. The molecular weight excluding hydrogens is 258 g/mol. The number of hydrogen-bond acceptors (Lipinski definition) is 3. The molecule has 1 aromatic carbocycles. The molecule has 2 aliphatic heterocycles. The topological polar surface area (TPSA) is 62.3 Å². The third kappa shape index (κ3) is 2.78. The Balaban J connectivity index is 1.60. The summed E-state index contributed by atoms with van der Waals surface area (Å²) in [5.74, 6) is 0.132. The highest BCUT2D eigenvalue weighted by Gasteiger charge is 2.53. The molecule has 2 heterocycles. The summed E-state index contributed by atoms with van der Waals surface area (Å²) in [4.78, 5) is 12.8. The van der Waals surface area contributed by atoms with Gasteiger partial charge in [-0.1, -0.05) is 37.3 Å². The summed E-state index contributed by atoms with van der Waals surface area (Å²) in [6.45, 7) is 3.53. The Morgan fingerprint density at radius 3 is 2.75 bits per heavy atom. The maximum absolute atomic E-state index is 11.4. The SMILES string of the molecule is C[C@H](CN(Cc1ccccc1)C(=O)O)[C@H]1OC[C@@H]2O[C@H]12. The number of carbonyl (C=O) groups is 1. The third-order valence-electron chi connectivity index (χ3n) is 3.95. The van der Waals surface area contributed by atoms with Crippen LogP contribution in [0.3, 0.4) is 0 Å². The Hall–Kier alpha value is -1.59. The minimum absolute atomic E-state index is 0.0256. The van der Waals surface area contributed by atoms with Crippen molar-refractivity contribution >= 4 is 6.09 Å².